The molecular weight excluding hydrogens is 466 g/mol. The third kappa shape index (κ3) is 5.05. The van der Waals surface area contributed by atoms with Crippen LogP contribution in [-0.2, 0) is 16.0 Å². The summed E-state index contributed by atoms with van der Waals surface area (Å²) in [6.07, 6.45) is 2.19. The summed E-state index contributed by atoms with van der Waals surface area (Å²) < 4.78 is 5.87. The first-order valence-electron chi connectivity index (χ1n) is 9.71. The highest BCUT2D eigenvalue weighted by Gasteiger charge is 2.35. The number of nitrogens with zero attached hydrogens (tertiary/aromatic N) is 1. The number of rotatable bonds is 7. The molecule has 2 aromatic carbocycles. The standard InChI is InChI=1S/C22H22BrN3O5/c1-3-13-7-5-6-8-16(13)24-20(28)12-26-21(29)17(25-22(26)30)9-14-10-19(31-4-2)18(27)11-15(14)23/h5-11,27H,3-4,12H2,1-2H3,(H,24,28)(H,25,30)/b17-9+. The molecule has 0 aromatic heterocycles. The Morgan fingerprint density at radius 3 is 2.71 bits per heavy atom. The van der Waals surface area contributed by atoms with Crippen molar-refractivity contribution < 1.29 is 24.2 Å². The lowest BCUT2D eigenvalue weighted by Gasteiger charge is -2.13. The Hall–Kier alpha value is -3.33. The van der Waals surface area contributed by atoms with Crippen molar-refractivity contribution in [2.45, 2.75) is 20.3 Å². The minimum Gasteiger partial charge on any atom is -0.504 e. The Morgan fingerprint density at radius 2 is 2.00 bits per heavy atom. The number of aromatic hydroxyl groups is 1. The summed E-state index contributed by atoms with van der Waals surface area (Å²) in [5.74, 6) is -0.902. The van der Waals surface area contributed by atoms with Crippen molar-refractivity contribution in [2.24, 2.45) is 0 Å². The molecule has 0 spiro atoms. The molecule has 0 unspecified atom stereocenters. The van der Waals surface area contributed by atoms with Gasteiger partial charge in [0.15, 0.2) is 11.5 Å². The van der Waals surface area contributed by atoms with Crippen LogP contribution in [0.15, 0.2) is 46.6 Å². The minimum absolute atomic E-state index is 0.0144. The fourth-order valence-electron chi connectivity index (χ4n) is 3.09. The van der Waals surface area contributed by atoms with E-state index in [9.17, 15) is 19.5 Å². The molecular formula is C22H22BrN3O5. The molecule has 1 heterocycles. The van der Waals surface area contributed by atoms with E-state index in [-0.39, 0.29) is 17.2 Å². The van der Waals surface area contributed by atoms with Gasteiger partial charge in [0.05, 0.1) is 6.61 Å². The van der Waals surface area contributed by atoms with E-state index in [2.05, 4.69) is 26.6 Å². The van der Waals surface area contributed by atoms with Gasteiger partial charge in [0.2, 0.25) is 5.91 Å². The number of para-hydroxylation sites is 1. The molecule has 0 saturated carbocycles. The van der Waals surface area contributed by atoms with Gasteiger partial charge in [-0.15, -0.1) is 0 Å². The maximum atomic E-state index is 12.7. The zero-order chi connectivity index (χ0) is 22.5. The topological polar surface area (TPSA) is 108 Å². The number of carbonyl (C=O) groups excluding carboxylic acids is 3. The highest BCUT2D eigenvalue weighted by Crippen LogP contribution is 2.34. The van der Waals surface area contributed by atoms with E-state index in [4.69, 9.17) is 4.74 Å². The molecule has 1 aliphatic rings. The number of carbonyl (C=O) groups is 3. The monoisotopic (exact) mass is 487 g/mol. The van der Waals surface area contributed by atoms with Crippen LogP contribution in [-0.4, -0.2) is 41.0 Å². The highest BCUT2D eigenvalue weighted by molar-refractivity contribution is 9.10. The second kappa shape index (κ2) is 9.65. The van der Waals surface area contributed by atoms with Crippen LogP contribution in [0.4, 0.5) is 10.5 Å². The van der Waals surface area contributed by atoms with Crippen LogP contribution in [0.25, 0.3) is 6.08 Å². The summed E-state index contributed by atoms with van der Waals surface area (Å²) in [7, 11) is 0. The summed E-state index contributed by atoms with van der Waals surface area (Å²) in [5, 5.41) is 15.2. The third-order valence-electron chi connectivity index (χ3n) is 4.61. The van der Waals surface area contributed by atoms with E-state index in [0.29, 0.717) is 22.3 Å². The highest BCUT2D eigenvalue weighted by atomic mass is 79.9. The Balaban J connectivity index is 1.76. The molecule has 1 aliphatic heterocycles. The second-order valence-electron chi connectivity index (χ2n) is 6.71. The van der Waals surface area contributed by atoms with Crippen molar-refractivity contribution in [1.29, 1.82) is 0 Å². The number of amides is 4. The Morgan fingerprint density at radius 1 is 1.26 bits per heavy atom. The van der Waals surface area contributed by atoms with Crippen molar-refractivity contribution in [3.8, 4) is 11.5 Å². The molecule has 0 radical (unpaired) electrons. The van der Waals surface area contributed by atoms with Crippen LogP contribution in [0.2, 0.25) is 0 Å². The van der Waals surface area contributed by atoms with Gasteiger partial charge in [-0.1, -0.05) is 41.1 Å². The number of hydrogen-bond donors (Lipinski definition) is 3. The van der Waals surface area contributed by atoms with Crippen molar-refractivity contribution in [3.63, 3.8) is 0 Å². The number of aryl methyl sites for hydroxylation is 1. The first-order chi connectivity index (χ1) is 14.8. The molecule has 4 amide bonds. The van der Waals surface area contributed by atoms with E-state index in [1.54, 1.807) is 25.1 Å². The van der Waals surface area contributed by atoms with Crippen LogP contribution in [0.1, 0.15) is 25.0 Å². The van der Waals surface area contributed by atoms with Gasteiger partial charge in [-0.3, -0.25) is 9.59 Å². The number of imide groups is 1. The van der Waals surface area contributed by atoms with E-state index >= 15 is 0 Å². The molecule has 3 rings (SSSR count). The van der Waals surface area contributed by atoms with Gasteiger partial charge in [-0.25, -0.2) is 9.69 Å². The molecule has 8 nitrogen and oxygen atoms in total. The van der Waals surface area contributed by atoms with Crippen LogP contribution in [0.3, 0.4) is 0 Å². The maximum absolute atomic E-state index is 12.7. The molecule has 31 heavy (non-hydrogen) atoms. The number of hydrogen-bond acceptors (Lipinski definition) is 5. The number of urea groups is 1. The average molecular weight is 488 g/mol. The first kappa shape index (κ1) is 22.4. The van der Waals surface area contributed by atoms with Crippen molar-refractivity contribution in [3.05, 3.63) is 57.7 Å². The van der Waals surface area contributed by atoms with Gasteiger partial charge >= 0.3 is 6.03 Å². The SMILES string of the molecule is CCOc1cc(/C=C2/NC(=O)N(CC(=O)Nc3ccccc3CC)C2=O)c(Br)cc1O. The number of anilines is 1. The summed E-state index contributed by atoms with van der Waals surface area (Å²) in [6, 6.07) is 9.65. The van der Waals surface area contributed by atoms with Crippen LogP contribution >= 0.6 is 15.9 Å². The Labute approximate surface area is 188 Å². The van der Waals surface area contributed by atoms with E-state index in [0.717, 1.165) is 16.9 Å². The molecule has 0 atom stereocenters. The summed E-state index contributed by atoms with van der Waals surface area (Å²) in [5.41, 5.74) is 2.14. The summed E-state index contributed by atoms with van der Waals surface area (Å²) in [6.45, 7) is 3.69. The van der Waals surface area contributed by atoms with Crippen molar-refractivity contribution >= 4 is 45.5 Å². The smallest absolute Gasteiger partial charge is 0.329 e. The average Bonchev–Trinajstić information content (AvgIpc) is 2.99. The quantitative estimate of drug-likeness (QED) is 0.408. The fourth-order valence-corrected chi connectivity index (χ4v) is 3.54. The number of phenolic OH excluding ortho intramolecular Hbond substituents is 1. The van der Waals surface area contributed by atoms with E-state index in [1.165, 1.54) is 12.1 Å². The lowest BCUT2D eigenvalue weighted by atomic mass is 10.1. The molecule has 162 valence electrons. The largest absolute Gasteiger partial charge is 0.504 e. The van der Waals surface area contributed by atoms with Gasteiger partial charge in [-0.05, 0) is 48.7 Å². The van der Waals surface area contributed by atoms with Crippen molar-refractivity contribution in [1.82, 2.24) is 10.2 Å². The molecule has 2 aromatic rings. The molecule has 0 aliphatic carbocycles. The number of phenols is 1. The minimum atomic E-state index is -0.685. The Bertz CT molecular complexity index is 1070. The zero-order valence-electron chi connectivity index (χ0n) is 17.1. The van der Waals surface area contributed by atoms with Crippen LogP contribution in [0, 0.1) is 0 Å². The number of benzene rings is 2. The van der Waals surface area contributed by atoms with Gasteiger partial charge in [0.25, 0.3) is 5.91 Å². The van der Waals surface area contributed by atoms with Crippen molar-refractivity contribution in [2.75, 3.05) is 18.5 Å². The van der Waals surface area contributed by atoms with E-state index < -0.39 is 24.4 Å². The second-order valence-corrected chi connectivity index (χ2v) is 7.57. The lowest BCUT2D eigenvalue weighted by molar-refractivity contribution is -0.127. The predicted molar refractivity (Wildman–Crippen MR) is 120 cm³/mol. The van der Waals surface area contributed by atoms with Crippen LogP contribution in [0.5, 0.6) is 11.5 Å². The number of halogens is 1. The number of nitrogens with one attached hydrogen (secondary N) is 2. The summed E-state index contributed by atoms with van der Waals surface area (Å²) >= 11 is 3.32. The molecule has 1 fully saturated rings. The zero-order valence-corrected chi connectivity index (χ0v) is 18.7. The lowest BCUT2D eigenvalue weighted by Crippen LogP contribution is -2.38. The summed E-state index contributed by atoms with van der Waals surface area (Å²) in [4.78, 5) is 38.3. The van der Waals surface area contributed by atoms with E-state index in [1.807, 2.05) is 19.1 Å². The molecule has 1 saturated heterocycles. The predicted octanol–water partition coefficient (Wildman–Crippen LogP) is 3.65. The maximum Gasteiger partial charge on any atom is 0.329 e. The van der Waals surface area contributed by atoms with Gasteiger partial charge in [0, 0.05) is 10.2 Å². The number of ether oxygens (including phenoxy) is 1. The molecule has 0 bridgehead atoms. The molecule has 3 N–H and O–H groups in total. The Kier molecular flexibility index (Phi) is 6.96. The molecule has 9 heteroatoms. The first-order valence-corrected chi connectivity index (χ1v) is 10.5. The van der Waals surface area contributed by atoms with Gasteiger partial charge in [-0.2, -0.15) is 0 Å². The van der Waals surface area contributed by atoms with Gasteiger partial charge < -0.3 is 20.5 Å². The third-order valence-corrected chi connectivity index (χ3v) is 5.30. The van der Waals surface area contributed by atoms with Crippen LogP contribution < -0.4 is 15.4 Å². The fraction of sp³-hybridized carbons (Fsp3) is 0.227. The van der Waals surface area contributed by atoms with Gasteiger partial charge in [0.1, 0.15) is 12.2 Å². The normalized spacial score (nSPS) is 14.7.